The van der Waals surface area contributed by atoms with Crippen molar-refractivity contribution in [3.63, 3.8) is 0 Å². The zero-order valence-electron chi connectivity index (χ0n) is 12.7. The van der Waals surface area contributed by atoms with E-state index in [2.05, 4.69) is 0 Å². The van der Waals surface area contributed by atoms with Crippen molar-refractivity contribution in [2.24, 2.45) is 0 Å². The number of carboxylic acid groups (broad SMARTS) is 1. The van der Waals surface area contributed by atoms with E-state index in [0.717, 1.165) is 0 Å². The van der Waals surface area contributed by atoms with Gasteiger partial charge in [0.2, 0.25) is 10.0 Å². The number of nitrogens with zero attached hydrogens (tertiary/aromatic N) is 2. The molecule has 0 aliphatic heterocycles. The molecule has 120 valence electrons. The molecule has 1 unspecified atom stereocenters. The molecule has 0 bridgehead atoms. The molecule has 21 heavy (non-hydrogen) atoms. The SMILES string of the molecule is CCN(C(C)COC)S(=O)(=O)c1cc(C(=O)O)n(CC)c1. The Morgan fingerprint density at radius 1 is 1.48 bits per heavy atom. The molecule has 1 aromatic heterocycles. The molecule has 0 radical (unpaired) electrons. The molecule has 0 fully saturated rings. The van der Waals surface area contributed by atoms with Gasteiger partial charge in [0, 0.05) is 32.4 Å². The Hall–Kier alpha value is -1.38. The average molecular weight is 318 g/mol. The third-order valence-electron chi connectivity index (χ3n) is 3.25. The zero-order valence-corrected chi connectivity index (χ0v) is 13.6. The molecule has 1 atom stereocenters. The smallest absolute Gasteiger partial charge is 0.352 e. The minimum absolute atomic E-state index is 0.00782. The first-order valence-electron chi connectivity index (χ1n) is 6.73. The van der Waals surface area contributed by atoms with Crippen molar-refractivity contribution < 1.29 is 23.1 Å². The molecule has 0 saturated carbocycles. The van der Waals surface area contributed by atoms with Gasteiger partial charge >= 0.3 is 5.97 Å². The highest BCUT2D eigenvalue weighted by Gasteiger charge is 2.30. The second-order valence-corrected chi connectivity index (χ2v) is 6.56. The largest absolute Gasteiger partial charge is 0.477 e. The van der Waals surface area contributed by atoms with Crippen molar-refractivity contribution in [1.82, 2.24) is 8.87 Å². The summed E-state index contributed by atoms with van der Waals surface area (Å²) in [5, 5.41) is 9.12. The second kappa shape index (κ2) is 7.06. The van der Waals surface area contributed by atoms with Crippen molar-refractivity contribution in [2.45, 2.75) is 38.3 Å². The van der Waals surface area contributed by atoms with E-state index in [0.29, 0.717) is 6.54 Å². The summed E-state index contributed by atoms with van der Waals surface area (Å²) in [5.41, 5.74) is -0.0356. The Bertz CT molecular complexity index is 594. The quantitative estimate of drug-likeness (QED) is 0.779. The van der Waals surface area contributed by atoms with Crippen LogP contribution in [0.2, 0.25) is 0 Å². The Kier molecular flexibility index (Phi) is 5.94. The Labute approximate surface area is 125 Å². The van der Waals surface area contributed by atoms with E-state index in [4.69, 9.17) is 9.84 Å². The summed E-state index contributed by atoms with van der Waals surface area (Å²) in [7, 11) is -2.24. The summed E-state index contributed by atoms with van der Waals surface area (Å²) in [6, 6.07) is 0.867. The molecular formula is C13H22N2O5S. The van der Waals surface area contributed by atoms with Crippen LogP contribution in [0.4, 0.5) is 0 Å². The fourth-order valence-corrected chi connectivity index (χ4v) is 3.91. The van der Waals surface area contributed by atoms with Crippen molar-refractivity contribution in [1.29, 1.82) is 0 Å². The number of carbonyl (C=O) groups is 1. The maximum absolute atomic E-state index is 12.6. The van der Waals surface area contributed by atoms with Crippen LogP contribution in [0, 0.1) is 0 Å². The highest BCUT2D eigenvalue weighted by atomic mass is 32.2. The molecule has 1 aromatic rings. The number of aryl methyl sites for hydroxylation is 1. The summed E-state index contributed by atoms with van der Waals surface area (Å²) < 4.78 is 33.0. The maximum Gasteiger partial charge on any atom is 0.352 e. The molecule has 0 spiro atoms. The number of hydrogen-bond acceptors (Lipinski definition) is 4. The van der Waals surface area contributed by atoms with Crippen molar-refractivity contribution in [3.05, 3.63) is 18.0 Å². The molecular weight excluding hydrogens is 296 g/mol. The predicted octanol–water partition coefficient (Wildman–Crippen LogP) is 1.25. The third kappa shape index (κ3) is 3.63. The van der Waals surface area contributed by atoms with Crippen molar-refractivity contribution in [2.75, 3.05) is 20.3 Å². The molecule has 1 N–H and O–H groups in total. The van der Waals surface area contributed by atoms with Gasteiger partial charge in [0.1, 0.15) is 10.6 Å². The lowest BCUT2D eigenvalue weighted by Gasteiger charge is -2.26. The van der Waals surface area contributed by atoms with Crippen LogP contribution in [0.3, 0.4) is 0 Å². The number of likely N-dealkylation sites (N-methyl/N-ethyl adjacent to an activating group) is 1. The summed E-state index contributed by atoms with van der Waals surface area (Å²) in [6.45, 7) is 6.18. The van der Waals surface area contributed by atoms with Crippen LogP contribution in [0.25, 0.3) is 0 Å². The summed E-state index contributed by atoms with van der Waals surface area (Å²) in [6.07, 6.45) is 1.36. The highest BCUT2D eigenvalue weighted by Crippen LogP contribution is 2.21. The average Bonchev–Trinajstić information content (AvgIpc) is 2.84. The Morgan fingerprint density at radius 3 is 2.48 bits per heavy atom. The first kappa shape index (κ1) is 17.7. The Balaban J connectivity index is 3.26. The van der Waals surface area contributed by atoms with E-state index in [9.17, 15) is 13.2 Å². The van der Waals surface area contributed by atoms with Crippen LogP contribution in [0.5, 0.6) is 0 Å². The van der Waals surface area contributed by atoms with Gasteiger partial charge in [0.05, 0.1) is 6.61 Å². The fourth-order valence-electron chi connectivity index (χ4n) is 2.24. The zero-order chi connectivity index (χ0) is 16.2. The van der Waals surface area contributed by atoms with Gasteiger partial charge in [0.25, 0.3) is 0 Å². The monoisotopic (exact) mass is 318 g/mol. The van der Waals surface area contributed by atoms with Crippen molar-refractivity contribution >= 4 is 16.0 Å². The van der Waals surface area contributed by atoms with Gasteiger partial charge in [-0.25, -0.2) is 13.2 Å². The van der Waals surface area contributed by atoms with Gasteiger partial charge in [0.15, 0.2) is 0 Å². The van der Waals surface area contributed by atoms with Gasteiger partial charge in [-0.2, -0.15) is 4.31 Å². The maximum atomic E-state index is 12.6. The predicted molar refractivity (Wildman–Crippen MR) is 78.0 cm³/mol. The molecule has 1 rings (SSSR count). The number of methoxy groups -OCH3 is 1. The minimum Gasteiger partial charge on any atom is -0.477 e. The van der Waals surface area contributed by atoms with E-state index in [1.54, 1.807) is 20.8 Å². The molecule has 0 amide bonds. The van der Waals surface area contributed by atoms with E-state index >= 15 is 0 Å². The van der Waals surface area contributed by atoms with Gasteiger partial charge < -0.3 is 14.4 Å². The van der Waals surface area contributed by atoms with Crippen LogP contribution in [0.15, 0.2) is 17.2 Å². The van der Waals surface area contributed by atoms with Gasteiger partial charge in [-0.1, -0.05) is 6.92 Å². The Morgan fingerprint density at radius 2 is 2.10 bits per heavy atom. The van der Waals surface area contributed by atoms with Crippen LogP contribution in [0.1, 0.15) is 31.3 Å². The van der Waals surface area contributed by atoms with Crippen molar-refractivity contribution in [3.8, 4) is 0 Å². The first-order valence-corrected chi connectivity index (χ1v) is 8.17. The van der Waals surface area contributed by atoms with Crippen LogP contribution in [-0.4, -0.2) is 54.7 Å². The standard InChI is InChI=1S/C13H22N2O5S/c1-5-14-8-11(7-12(14)13(16)17)21(18,19)15(6-2)10(3)9-20-4/h7-8,10H,5-6,9H2,1-4H3,(H,16,17). The lowest BCUT2D eigenvalue weighted by Crippen LogP contribution is -2.40. The van der Waals surface area contributed by atoms with E-state index in [1.165, 1.54) is 28.2 Å². The lowest BCUT2D eigenvalue weighted by atomic mass is 10.4. The molecule has 0 aromatic carbocycles. The summed E-state index contributed by atoms with van der Waals surface area (Å²) in [5.74, 6) is -1.15. The second-order valence-electron chi connectivity index (χ2n) is 4.66. The van der Waals surface area contributed by atoms with E-state index in [-0.39, 0.29) is 29.8 Å². The third-order valence-corrected chi connectivity index (χ3v) is 5.30. The van der Waals surface area contributed by atoms with Crippen LogP contribution in [-0.2, 0) is 21.3 Å². The number of aromatic nitrogens is 1. The number of carboxylic acids is 1. The molecule has 0 aliphatic rings. The molecule has 0 aliphatic carbocycles. The lowest BCUT2D eigenvalue weighted by molar-refractivity contribution is 0.0685. The fraction of sp³-hybridized carbons (Fsp3) is 0.615. The van der Waals surface area contributed by atoms with Gasteiger partial charge in [-0.3, -0.25) is 0 Å². The summed E-state index contributed by atoms with van der Waals surface area (Å²) >= 11 is 0. The van der Waals surface area contributed by atoms with Gasteiger partial charge in [-0.15, -0.1) is 0 Å². The van der Waals surface area contributed by atoms with Crippen LogP contribution < -0.4 is 0 Å². The number of aromatic carboxylic acids is 1. The number of ether oxygens (including phenoxy) is 1. The molecule has 8 heteroatoms. The molecule has 7 nitrogen and oxygen atoms in total. The number of hydrogen-bond donors (Lipinski definition) is 1. The first-order chi connectivity index (χ1) is 9.79. The highest BCUT2D eigenvalue weighted by molar-refractivity contribution is 7.89. The molecule has 0 saturated heterocycles. The topological polar surface area (TPSA) is 88.8 Å². The normalized spacial score (nSPS) is 13.6. The molecule has 1 heterocycles. The van der Waals surface area contributed by atoms with E-state index in [1.807, 2.05) is 0 Å². The van der Waals surface area contributed by atoms with Crippen LogP contribution >= 0.6 is 0 Å². The minimum atomic E-state index is -3.75. The summed E-state index contributed by atoms with van der Waals surface area (Å²) in [4.78, 5) is 11.1. The van der Waals surface area contributed by atoms with E-state index < -0.39 is 16.0 Å². The number of rotatable bonds is 8. The number of sulfonamides is 1. The van der Waals surface area contributed by atoms with Gasteiger partial charge in [-0.05, 0) is 19.9 Å².